The van der Waals surface area contributed by atoms with Gasteiger partial charge in [-0.05, 0) is 31.6 Å². The molecule has 14 heavy (non-hydrogen) atoms. The number of hydrogen-bond donors (Lipinski definition) is 0. The molecule has 1 amide bonds. The summed E-state index contributed by atoms with van der Waals surface area (Å²) < 4.78 is 0. The van der Waals surface area contributed by atoms with Gasteiger partial charge in [0.15, 0.2) is 0 Å². The van der Waals surface area contributed by atoms with Gasteiger partial charge in [-0.3, -0.25) is 4.79 Å². The van der Waals surface area contributed by atoms with Crippen molar-refractivity contribution in [3.8, 4) is 0 Å². The summed E-state index contributed by atoms with van der Waals surface area (Å²) in [6.07, 6.45) is 5.31. The minimum absolute atomic E-state index is 0.365. The maximum absolute atomic E-state index is 11.7. The quantitative estimate of drug-likeness (QED) is 0.563. The molecule has 1 saturated heterocycles. The van der Waals surface area contributed by atoms with Crippen molar-refractivity contribution >= 4 is 21.8 Å². The van der Waals surface area contributed by atoms with Crippen LogP contribution in [0.2, 0.25) is 0 Å². The zero-order valence-corrected chi connectivity index (χ0v) is 10.6. The first-order valence-corrected chi connectivity index (χ1v) is 6.70. The Labute approximate surface area is 95.2 Å². The lowest BCUT2D eigenvalue weighted by Gasteiger charge is -2.20. The first kappa shape index (κ1) is 12.0. The number of likely N-dealkylation sites (tertiary alicyclic amines) is 1. The molecule has 1 rings (SSSR count). The summed E-state index contributed by atoms with van der Waals surface area (Å²) in [5.74, 6) is 1.09. The highest BCUT2D eigenvalue weighted by atomic mass is 79.9. The van der Waals surface area contributed by atoms with Gasteiger partial charge in [0, 0.05) is 24.8 Å². The first-order chi connectivity index (χ1) is 6.74. The molecule has 0 N–H and O–H groups in total. The maximum Gasteiger partial charge on any atom is 0.222 e. The van der Waals surface area contributed by atoms with Crippen LogP contribution in [0.5, 0.6) is 0 Å². The van der Waals surface area contributed by atoms with Crippen LogP contribution in [0.3, 0.4) is 0 Å². The van der Waals surface area contributed by atoms with E-state index in [1.807, 2.05) is 4.90 Å². The lowest BCUT2D eigenvalue weighted by atomic mass is 10.0. The van der Waals surface area contributed by atoms with Crippen LogP contribution in [0.15, 0.2) is 0 Å². The van der Waals surface area contributed by atoms with Crippen LogP contribution in [0.4, 0.5) is 0 Å². The van der Waals surface area contributed by atoms with Gasteiger partial charge in [-0.1, -0.05) is 22.9 Å². The van der Waals surface area contributed by atoms with Crippen LogP contribution in [0, 0.1) is 5.92 Å². The van der Waals surface area contributed by atoms with E-state index in [-0.39, 0.29) is 0 Å². The Morgan fingerprint density at radius 2 is 2.21 bits per heavy atom. The molecule has 1 aliphatic heterocycles. The van der Waals surface area contributed by atoms with E-state index in [1.54, 1.807) is 0 Å². The minimum atomic E-state index is 0.365. The predicted octanol–water partition coefficient (Wildman–Crippen LogP) is 2.81. The third-order valence-corrected chi connectivity index (χ3v) is 3.47. The Morgan fingerprint density at radius 3 is 2.93 bits per heavy atom. The Kier molecular flexibility index (Phi) is 5.53. The number of carbonyl (C=O) groups excluding carboxylic acids is 1. The fourth-order valence-corrected chi connectivity index (χ4v) is 2.20. The van der Waals surface area contributed by atoms with E-state index in [2.05, 4.69) is 22.9 Å². The van der Waals surface area contributed by atoms with Crippen molar-refractivity contribution in [1.82, 2.24) is 4.90 Å². The van der Waals surface area contributed by atoms with Crippen LogP contribution < -0.4 is 0 Å². The second kappa shape index (κ2) is 6.44. The average Bonchev–Trinajstić information content (AvgIpc) is 2.33. The van der Waals surface area contributed by atoms with Crippen LogP contribution in [0.1, 0.15) is 39.0 Å². The van der Waals surface area contributed by atoms with Crippen LogP contribution in [0.25, 0.3) is 0 Å². The number of hydrogen-bond acceptors (Lipinski definition) is 1. The molecule has 0 bridgehead atoms. The molecular weight excluding hydrogens is 242 g/mol. The Balaban J connectivity index is 2.30. The normalized spacial score (nSPS) is 23.7. The number of nitrogens with zero attached hydrogens (tertiary/aromatic N) is 1. The number of amides is 1. The monoisotopic (exact) mass is 261 g/mol. The fourth-order valence-electron chi connectivity index (χ4n) is 1.81. The van der Waals surface area contributed by atoms with Gasteiger partial charge in [-0.15, -0.1) is 0 Å². The van der Waals surface area contributed by atoms with E-state index in [1.165, 1.54) is 12.8 Å². The summed E-state index contributed by atoms with van der Waals surface area (Å²) in [5.41, 5.74) is 0. The summed E-state index contributed by atoms with van der Waals surface area (Å²) in [6, 6.07) is 0. The highest BCUT2D eigenvalue weighted by Gasteiger charge is 2.19. The fraction of sp³-hybridized carbons (Fsp3) is 0.909. The van der Waals surface area contributed by atoms with E-state index in [0.717, 1.165) is 43.6 Å². The van der Waals surface area contributed by atoms with Gasteiger partial charge < -0.3 is 4.90 Å². The van der Waals surface area contributed by atoms with Crippen molar-refractivity contribution < 1.29 is 4.79 Å². The second-order valence-corrected chi connectivity index (χ2v) is 5.00. The molecule has 0 aromatic rings. The minimum Gasteiger partial charge on any atom is -0.343 e. The maximum atomic E-state index is 11.7. The standard InChI is InChI=1S/C11H20BrNO/c1-10-4-5-11(14)13(9-6-10)8-3-2-7-12/h10H,2-9H2,1H3. The second-order valence-electron chi connectivity index (χ2n) is 4.21. The Hall–Kier alpha value is -0.0500. The number of alkyl halides is 1. The van der Waals surface area contributed by atoms with Crippen molar-refractivity contribution in [2.45, 2.75) is 39.0 Å². The molecule has 0 saturated carbocycles. The molecule has 1 unspecified atom stereocenters. The number of unbranched alkanes of at least 4 members (excludes halogenated alkanes) is 1. The van der Waals surface area contributed by atoms with Gasteiger partial charge in [-0.25, -0.2) is 0 Å². The van der Waals surface area contributed by atoms with Crippen molar-refractivity contribution in [1.29, 1.82) is 0 Å². The predicted molar refractivity (Wildman–Crippen MR) is 62.6 cm³/mol. The van der Waals surface area contributed by atoms with E-state index in [9.17, 15) is 4.79 Å². The zero-order chi connectivity index (χ0) is 10.4. The zero-order valence-electron chi connectivity index (χ0n) is 8.97. The molecule has 2 nitrogen and oxygen atoms in total. The molecule has 0 aromatic carbocycles. The molecule has 0 spiro atoms. The van der Waals surface area contributed by atoms with Crippen molar-refractivity contribution in [2.24, 2.45) is 5.92 Å². The van der Waals surface area contributed by atoms with E-state index in [4.69, 9.17) is 0 Å². The lowest BCUT2D eigenvalue weighted by molar-refractivity contribution is -0.130. The van der Waals surface area contributed by atoms with Gasteiger partial charge in [-0.2, -0.15) is 0 Å². The van der Waals surface area contributed by atoms with Gasteiger partial charge in [0.2, 0.25) is 5.91 Å². The third kappa shape index (κ3) is 3.99. The molecule has 1 atom stereocenters. The molecule has 82 valence electrons. The molecule has 3 heteroatoms. The van der Waals surface area contributed by atoms with Crippen LogP contribution in [-0.4, -0.2) is 29.2 Å². The van der Waals surface area contributed by atoms with Crippen LogP contribution in [-0.2, 0) is 4.79 Å². The molecule has 1 heterocycles. The average molecular weight is 262 g/mol. The Morgan fingerprint density at radius 1 is 1.43 bits per heavy atom. The lowest BCUT2D eigenvalue weighted by Crippen LogP contribution is -2.31. The first-order valence-electron chi connectivity index (χ1n) is 5.57. The van der Waals surface area contributed by atoms with Crippen molar-refractivity contribution in [3.05, 3.63) is 0 Å². The summed E-state index contributed by atoms with van der Waals surface area (Å²) in [4.78, 5) is 13.7. The number of halogens is 1. The summed E-state index contributed by atoms with van der Waals surface area (Å²) in [6.45, 7) is 4.18. The molecule has 0 aliphatic carbocycles. The summed E-state index contributed by atoms with van der Waals surface area (Å²) in [5, 5.41) is 1.05. The van der Waals surface area contributed by atoms with Crippen molar-refractivity contribution in [2.75, 3.05) is 18.4 Å². The van der Waals surface area contributed by atoms with E-state index in [0.29, 0.717) is 5.91 Å². The summed E-state index contributed by atoms with van der Waals surface area (Å²) in [7, 11) is 0. The smallest absolute Gasteiger partial charge is 0.222 e. The molecular formula is C11H20BrNO. The largest absolute Gasteiger partial charge is 0.343 e. The molecule has 0 aromatic heterocycles. The van der Waals surface area contributed by atoms with Gasteiger partial charge in [0.25, 0.3) is 0 Å². The summed E-state index contributed by atoms with van der Waals surface area (Å²) >= 11 is 3.41. The number of rotatable bonds is 4. The third-order valence-electron chi connectivity index (χ3n) is 2.91. The van der Waals surface area contributed by atoms with Gasteiger partial charge in [0.1, 0.15) is 0 Å². The molecule has 0 radical (unpaired) electrons. The highest BCUT2D eigenvalue weighted by Crippen LogP contribution is 2.17. The Bertz CT molecular complexity index is 184. The van der Waals surface area contributed by atoms with Gasteiger partial charge in [0.05, 0.1) is 0 Å². The van der Waals surface area contributed by atoms with E-state index < -0.39 is 0 Å². The SMILES string of the molecule is CC1CCC(=O)N(CCCCBr)CC1. The van der Waals surface area contributed by atoms with Gasteiger partial charge >= 0.3 is 0 Å². The molecule has 1 fully saturated rings. The topological polar surface area (TPSA) is 20.3 Å². The van der Waals surface area contributed by atoms with E-state index >= 15 is 0 Å². The van der Waals surface area contributed by atoms with Crippen molar-refractivity contribution in [3.63, 3.8) is 0 Å². The molecule has 1 aliphatic rings. The number of carbonyl (C=O) groups is 1. The van der Waals surface area contributed by atoms with Crippen LogP contribution >= 0.6 is 15.9 Å². The highest BCUT2D eigenvalue weighted by molar-refractivity contribution is 9.09.